The van der Waals surface area contributed by atoms with Crippen molar-refractivity contribution in [1.29, 1.82) is 0 Å². The van der Waals surface area contributed by atoms with E-state index < -0.39 is 35.1 Å². The molecule has 2 N–H and O–H groups in total. The van der Waals surface area contributed by atoms with E-state index in [9.17, 15) is 19.2 Å². The van der Waals surface area contributed by atoms with Crippen LogP contribution in [-0.4, -0.2) is 45.3 Å². The molecular weight excluding hydrogens is 380 g/mol. The highest BCUT2D eigenvalue weighted by molar-refractivity contribution is 5.92. The van der Waals surface area contributed by atoms with Gasteiger partial charge in [0.2, 0.25) is 0 Å². The Bertz CT molecular complexity index is 478. The maximum absolute atomic E-state index is 10.9. The van der Waals surface area contributed by atoms with Gasteiger partial charge >= 0.3 is 23.9 Å². The van der Waals surface area contributed by atoms with E-state index in [4.69, 9.17) is 14.9 Å². The Balaban J connectivity index is -0.000000338. The van der Waals surface area contributed by atoms with Gasteiger partial charge in [0.05, 0.1) is 31.3 Å². The summed E-state index contributed by atoms with van der Waals surface area (Å²) in [7, 11) is 0. The fraction of sp³-hybridized carbons (Fsp3) is 0.810. The predicted octanol–water partition coefficient (Wildman–Crippen LogP) is 3.87. The minimum absolute atomic E-state index is 0.0629. The third-order valence-corrected chi connectivity index (χ3v) is 1.72. The van der Waals surface area contributed by atoms with Crippen LogP contribution in [0.3, 0.4) is 0 Å². The van der Waals surface area contributed by atoms with Crippen molar-refractivity contribution in [2.24, 2.45) is 5.41 Å². The molecule has 0 aromatic heterocycles. The molecule has 0 aliphatic carbocycles. The van der Waals surface area contributed by atoms with E-state index >= 15 is 0 Å². The molecule has 0 radical (unpaired) electrons. The summed E-state index contributed by atoms with van der Waals surface area (Å²) in [6.07, 6.45) is 0.291. The number of aliphatic hydroxyl groups is 1. The fourth-order valence-corrected chi connectivity index (χ4v) is 1.03. The molecule has 0 atom stereocenters. The van der Waals surface area contributed by atoms with E-state index in [0.717, 1.165) is 0 Å². The number of esters is 3. The quantitative estimate of drug-likeness (QED) is 0.520. The first-order chi connectivity index (χ1) is 12.6. The number of ether oxygens (including phenoxy) is 2. The summed E-state index contributed by atoms with van der Waals surface area (Å²) >= 11 is 0. The van der Waals surface area contributed by atoms with Gasteiger partial charge < -0.3 is 19.7 Å². The first-order valence-electron chi connectivity index (χ1n) is 9.49. The van der Waals surface area contributed by atoms with Crippen molar-refractivity contribution in [3.05, 3.63) is 0 Å². The number of rotatable bonds is 3. The third-order valence-electron chi connectivity index (χ3n) is 1.72. The van der Waals surface area contributed by atoms with E-state index in [1.54, 1.807) is 41.5 Å². The van der Waals surface area contributed by atoms with Crippen LogP contribution >= 0.6 is 0 Å². The van der Waals surface area contributed by atoms with Crippen molar-refractivity contribution in [1.82, 2.24) is 0 Å². The van der Waals surface area contributed by atoms with Gasteiger partial charge in [-0.05, 0) is 47.0 Å². The fourth-order valence-electron chi connectivity index (χ4n) is 1.03. The lowest BCUT2D eigenvalue weighted by molar-refractivity contribution is -0.157. The number of cyclic esters (lactones) is 2. The Hall–Kier alpha value is -1.96. The monoisotopic (exact) mass is 420 g/mol. The molecule has 0 saturated carbocycles. The van der Waals surface area contributed by atoms with Gasteiger partial charge in [-0.3, -0.25) is 19.2 Å². The van der Waals surface area contributed by atoms with Crippen molar-refractivity contribution >= 4 is 23.9 Å². The average Bonchev–Trinajstić information content (AvgIpc) is 2.75. The normalized spacial score (nSPS) is 13.5. The van der Waals surface area contributed by atoms with Gasteiger partial charge in [0.15, 0.2) is 0 Å². The first kappa shape index (κ1) is 31.7. The zero-order valence-corrected chi connectivity index (χ0v) is 19.7. The molecule has 0 unspecified atom stereocenters. The number of carboxylic acid groups (broad SMARTS) is 1. The number of aliphatic carboxylic acids is 1. The summed E-state index contributed by atoms with van der Waals surface area (Å²) in [6.45, 7) is 19.2. The van der Waals surface area contributed by atoms with Gasteiger partial charge in [0, 0.05) is 0 Å². The van der Waals surface area contributed by atoms with Gasteiger partial charge in [-0.25, -0.2) is 0 Å². The Kier molecular flexibility index (Phi) is 15.4. The molecule has 8 heteroatoms. The summed E-state index contributed by atoms with van der Waals surface area (Å²) < 4.78 is 8.97. The van der Waals surface area contributed by atoms with Crippen LogP contribution < -0.4 is 0 Å². The number of carbonyl (C=O) groups is 4. The molecule has 1 fully saturated rings. The molecule has 1 rings (SSSR count). The summed E-state index contributed by atoms with van der Waals surface area (Å²) in [4.78, 5) is 41.0. The molecule has 0 spiro atoms. The molecule has 8 nitrogen and oxygen atoms in total. The van der Waals surface area contributed by atoms with Crippen LogP contribution in [0, 0.1) is 5.41 Å². The van der Waals surface area contributed by atoms with E-state index in [1.165, 1.54) is 0 Å². The van der Waals surface area contributed by atoms with Gasteiger partial charge in [-0.1, -0.05) is 27.7 Å². The molecule has 0 aromatic carbocycles. The Morgan fingerprint density at radius 3 is 1.34 bits per heavy atom. The lowest BCUT2D eigenvalue weighted by atomic mass is 10.0. The molecule has 0 amide bonds. The minimum Gasteiger partial charge on any atom is -0.481 e. The van der Waals surface area contributed by atoms with E-state index in [1.807, 2.05) is 0 Å². The molecule has 172 valence electrons. The maximum Gasteiger partial charge on any atom is 0.314 e. The molecule has 1 aliphatic heterocycles. The number of hydrogen-bond donors (Lipinski definition) is 2. The smallest absolute Gasteiger partial charge is 0.314 e. The number of carboxylic acids is 1. The number of hydrogen-bond acceptors (Lipinski definition) is 7. The van der Waals surface area contributed by atoms with E-state index in [0.29, 0.717) is 5.41 Å². The maximum atomic E-state index is 10.9. The second kappa shape index (κ2) is 14.1. The SMILES string of the molecule is CC(C)(C)C.CC(C)(C)O.CC(C)(C)OC(=O)CCC(=O)O.O=C1CCC(=O)O1. The molecule has 1 heterocycles. The van der Waals surface area contributed by atoms with Crippen molar-refractivity contribution in [2.75, 3.05) is 0 Å². The van der Waals surface area contributed by atoms with Crippen molar-refractivity contribution in [3.63, 3.8) is 0 Å². The van der Waals surface area contributed by atoms with Crippen molar-refractivity contribution in [3.8, 4) is 0 Å². The molecule has 0 aromatic rings. The van der Waals surface area contributed by atoms with Crippen LogP contribution in [0.1, 0.15) is 94.9 Å². The summed E-state index contributed by atoms with van der Waals surface area (Å²) in [5.41, 5.74) is -0.532. The van der Waals surface area contributed by atoms with E-state index in [-0.39, 0.29) is 25.7 Å². The Labute approximate surface area is 175 Å². The lowest BCUT2D eigenvalue weighted by Crippen LogP contribution is -2.24. The third kappa shape index (κ3) is 51.8. The highest BCUT2D eigenvalue weighted by atomic mass is 16.6. The van der Waals surface area contributed by atoms with Crippen LogP contribution in [-0.2, 0) is 28.7 Å². The number of carbonyl (C=O) groups excluding carboxylic acids is 3. The van der Waals surface area contributed by atoms with Crippen LogP contribution in [0.25, 0.3) is 0 Å². The van der Waals surface area contributed by atoms with E-state index in [2.05, 4.69) is 32.4 Å². The van der Waals surface area contributed by atoms with Crippen LogP contribution in [0.15, 0.2) is 0 Å². The lowest BCUT2D eigenvalue weighted by Gasteiger charge is -2.18. The van der Waals surface area contributed by atoms with Gasteiger partial charge in [0.1, 0.15) is 5.60 Å². The summed E-state index contributed by atoms with van der Waals surface area (Å²) in [6, 6.07) is 0. The van der Waals surface area contributed by atoms with Crippen molar-refractivity contribution in [2.45, 2.75) is 106 Å². The molecule has 1 saturated heterocycles. The summed E-state index contributed by atoms with van der Waals surface area (Å²) in [5, 5.41) is 16.8. The van der Waals surface area contributed by atoms with Crippen molar-refractivity contribution < 1.29 is 38.9 Å². The Morgan fingerprint density at radius 1 is 0.862 bits per heavy atom. The standard InChI is InChI=1S/C8H14O4.C5H12.C4H4O3.C4H10O/c1-8(2,3)12-7(11)5-4-6(9)10;1-5(2,3)4;5-3-1-2-4(6)7-3;1-4(2,3)5/h4-5H2,1-3H3,(H,9,10);1-4H3;1-2H2;5H,1-3H3. The highest BCUT2D eigenvalue weighted by Crippen LogP contribution is 2.09. The Morgan fingerprint density at radius 2 is 1.17 bits per heavy atom. The largest absolute Gasteiger partial charge is 0.481 e. The topological polar surface area (TPSA) is 127 Å². The summed E-state index contributed by atoms with van der Waals surface area (Å²) in [5.74, 6) is -2.25. The van der Waals surface area contributed by atoms with Gasteiger partial charge in [-0.15, -0.1) is 0 Å². The average molecular weight is 421 g/mol. The zero-order valence-electron chi connectivity index (χ0n) is 19.7. The zero-order chi connectivity index (χ0) is 24.1. The molecule has 1 aliphatic rings. The van der Waals surface area contributed by atoms with Crippen LogP contribution in [0.2, 0.25) is 0 Å². The highest BCUT2D eigenvalue weighted by Gasteiger charge is 2.19. The minimum atomic E-state index is -0.985. The first-order valence-corrected chi connectivity index (χ1v) is 9.49. The molecule has 29 heavy (non-hydrogen) atoms. The second-order valence-electron chi connectivity index (χ2n) is 10.00. The second-order valence-corrected chi connectivity index (χ2v) is 10.00. The van der Waals surface area contributed by atoms with Crippen LogP contribution in [0.4, 0.5) is 0 Å². The van der Waals surface area contributed by atoms with Crippen LogP contribution in [0.5, 0.6) is 0 Å². The predicted molar refractivity (Wildman–Crippen MR) is 110 cm³/mol. The molecular formula is C21H40O8. The molecule has 0 bridgehead atoms. The van der Waals surface area contributed by atoms with Gasteiger partial charge in [0.25, 0.3) is 0 Å². The van der Waals surface area contributed by atoms with Gasteiger partial charge in [-0.2, -0.15) is 0 Å².